The highest BCUT2D eigenvalue weighted by molar-refractivity contribution is 5.86. The number of aromatic nitrogens is 4. The zero-order chi connectivity index (χ0) is 27.9. The van der Waals surface area contributed by atoms with Gasteiger partial charge in [-0.15, -0.1) is 0 Å². The summed E-state index contributed by atoms with van der Waals surface area (Å²) >= 11 is 0. The highest BCUT2D eigenvalue weighted by Gasteiger charge is 2.51. The van der Waals surface area contributed by atoms with Crippen LogP contribution in [0.5, 0.6) is 5.75 Å². The predicted octanol–water partition coefficient (Wildman–Crippen LogP) is 3.14. The van der Waals surface area contributed by atoms with E-state index in [2.05, 4.69) is 34.5 Å². The van der Waals surface area contributed by atoms with E-state index < -0.39 is 5.97 Å². The molecule has 40 heavy (non-hydrogen) atoms. The van der Waals surface area contributed by atoms with Gasteiger partial charge in [0.2, 0.25) is 0 Å². The Morgan fingerprint density at radius 1 is 1.12 bits per heavy atom. The number of ether oxygens (including phenoxy) is 1. The van der Waals surface area contributed by atoms with Crippen molar-refractivity contribution in [3.05, 3.63) is 83.4 Å². The van der Waals surface area contributed by atoms with E-state index in [4.69, 9.17) is 9.72 Å². The average Bonchev–Trinajstić information content (AvgIpc) is 3.51. The van der Waals surface area contributed by atoms with Crippen molar-refractivity contribution in [2.45, 2.75) is 31.7 Å². The molecule has 6 rings (SSSR count). The second kappa shape index (κ2) is 10.1. The largest absolute Gasteiger partial charge is 0.491 e. The molecule has 2 saturated heterocycles. The van der Waals surface area contributed by atoms with Gasteiger partial charge in [-0.1, -0.05) is 43.3 Å². The Hall–Kier alpha value is -4.67. The van der Waals surface area contributed by atoms with Gasteiger partial charge >= 0.3 is 12.0 Å². The highest BCUT2D eigenvalue weighted by atomic mass is 16.5. The summed E-state index contributed by atoms with van der Waals surface area (Å²) in [5, 5.41) is 17.0. The number of aromatic carboxylic acids is 1. The van der Waals surface area contributed by atoms with Crippen molar-refractivity contribution in [3.8, 4) is 5.75 Å². The molecule has 4 aromatic rings. The van der Waals surface area contributed by atoms with Gasteiger partial charge in [-0.2, -0.15) is 5.10 Å². The van der Waals surface area contributed by atoms with Crippen LogP contribution in [0.1, 0.15) is 40.3 Å². The van der Waals surface area contributed by atoms with E-state index in [1.165, 1.54) is 11.6 Å². The van der Waals surface area contributed by atoms with Gasteiger partial charge in [-0.05, 0) is 36.2 Å². The van der Waals surface area contributed by atoms with Crippen molar-refractivity contribution in [2.75, 3.05) is 37.7 Å². The standard InChI is InChI=1S/C29H31N7O4/c1-19-13-22(40-15-20(2)21-7-4-3-5-8-21)14-36-26(19)31-24(33-36)11-12-34-16-29(32-28(34)39)17-35(18-29)25-10-6-9-23(30-25)27(37)38/h3-10,13-14,20H,11-12,15-18H2,1-2H3,(H,32,39)(H,37,38)/t20-/m0/s1. The van der Waals surface area contributed by atoms with Gasteiger partial charge in [0.25, 0.3) is 0 Å². The van der Waals surface area contributed by atoms with Gasteiger partial charge in [-0.25, -0.2) is 24.1 Å². The molecule has 2 aliphatic rings. The Labute approximate surface area is 231 Å². The summed E-state index contributed by atoms with van der Waals surface area (Å²) in [6, 6.07) is 17.1. The number of hydrogen-bond donors (Lipinski definition) is 2. The molecule has 2 fully saturated rings. The highest BCUT2D eigenvalue weighted by Crippen LogP contribution is 2.31. The smallest absolute Gasteiger partial charge is 0.354 e. The van der Waals surface area contributed by atoms with Crippen molar-refractivity contribution >= 4 is 23.5 Å². The maximum atomic E-state index is 12.7. The van der Waals surface area contributed by atoms with E-state index in [0.717, 1.165) is 17.0 Å². The molecule has 3 aromatic heterocycles. The van der Waals surface area contributed by atoms with E-state index in [-0.39, 0.29) is 23.2 Å². The number of aryl methyl sites for hydroxylation is 1. The van der Waals surface area contributed by atoms with Crippen LogP contribution >= 0.6 is 0 Å². The molecule has 0 saturated carbocycles. The second-order valence-corrected chi connectivity index (χ2v) is 10.7. The normalized spacial score (nSPS) is 16.7. The van der Waals surface area contributed by atoms with Crippen LogP contribution in [-0.4, -0.2) is 79.9 Å². The van der Waals surface area contributed by atoms with Crippen LogP contribution in [0.4, 0.5) is 10.6 Å². The number of rotatable bonds is 9. The average molecular weight is 542 g/mol. The molecule has 206 valence electrons. The van der Waals surface area contributed by atoms with E-state index in [0.29, 0.717) is 50.8 Å². The Bertz CT molecular complexity index is 1570. The van der Waals surface area contributed by atoms with Gasteiger partial charge in [0.05, 0.1) is 18.3 Å². The fraction of sp³-hybridized carbons (Fsp3) is 0.345. The molecule has 2 aliphatic heterocycles. The fourth-order valence-corrected chi connectivity index (χ4v) is 5.39. The van der Waals surface area contributed by atoms with Gasteiger partial charge in [-0.3, -0.25) is 0 Å². The lowest BCUT2D eigenvalue weighted by molar-refractivity contribution is 0.0690. The van der Waals surface area contributed by atoms with Gasteiger partial charge in [0.1, 0.15) is 11.6 Å². The van der Waals surface area contributed by atoms with Gasteiger partial charge in [0, 0.05) is 38.5 Å². The van der Waals surface area contributed by atoms with E-state index in [9.17, 15) is 14.7 Å². The first kappa shape index (κ1) is 25.6. The number of nitrogens with zero attached hydrogens (tertiary/aromatic N) is 6. The summed E-state index contributed by atoms with van der Waals surface area (Å²) in [5.41, 5.74) is 2.60. The predicted molar refractivity (Wildman–Crippen MR) is 148 cm³/mol. The van der Waals surface area contributed by atoms with Gasteiger partial charge in [0.15, 0.2) is 17.2 Å². The number of carbonyl (C=O) groups is 2. The summed E-state index contributed by atoms with van der Waals surface area (Å²) in [6.07, 6.45) is 2.38. The minimum atomic E-state index is -1.06. The number of anilines is 1. The third-order valence-electron chi connectivity index (χ3n) is 7.53. The van der Waals surface area contributed by atoms with Crippen LogP contribution < -0.4 is 15.0 Å². The van der Waals surface area contributed by atoms with Crippen molar-refractivity contribution < 1.29 is 19.4 Å². The summed E-state index contributed by atoms with van der Waals surface area (Å²) in [7, 11) is 0. The monoisotopic (exact) mass is 541 g/mol. The molecule has 0 radical (unpaired) electrons. The van der Waals surface area contributed by atoms with Crippen LogP contribution in [0.15, 0.2) is 60.8 Å². The van der Waals surface area contributed by atoms with Crippen molar-refractivity contribution in [3.63, 3.8) is 0 Å². The molecule has 0 bridgehead atoms. The topological polar surface area (TPSA) is 125 Å². The number of pyridine rings is 2. The minimum absolute atomic E-state index is 0.00570. The molecule has 2 N–H and O–H groups in total. The van der Waals surface area contributed by atoms with Crippen molar-refractivity contribution in [1.82, 2.24) is 29.8 Å². The third kappa shape index (κ3) is 5.02. The number of fused-ring (bicyclic) bond motifs is 1. The van der Waals surface area contributed by atoms with Crippen LogP contribution in [0.2, 0.25) is 0 Å². The summed E-state index contributed by atoms with van der Waals surface area (Å²) in [6.45, 7) is 6.88. The molecule has 1 atom stereocenters. The molecule has 0 aliphatic carbocycles. The Morgan fingerprint density at radius 2 is 1.93 bits per heavy atom. The van der Waals surface area contributed by atoms with Crippen LogP contribution in [0.3, 0.4) is 0 Å². The molecule has 1 spiro atoms. The van der Waals surface area contributed by atoms with Crippen LogP contribution in [-0.2, 0) is 6.42 Å². The molecular formula is C29H31N7O4. The summed E-state index contributed by atoms with van der Waals surface area (Å²) in [4.78, 5) is 36.6. The fourth-order valence-electron chi connectivity index (χ4n) is 5.39. The lowest BCUT2D eigenvalue weighted by Gasteiger charge is -2.47. The Balaban J connectivity index is 1.05. The number of carboxylic acid groups (broad SMARTS) is 1. The molecule has 2 amide bonds. The molecular weight excluding hydrogens is 510 g/mol. The van der Waals surface area contributed by atoms with Crippen molar-refractivity contribution in [1.29, 1.82) is 0 Å². The van der Waals surface area contributed by atoms with Gasteiger partial charge < -0.3 is 25.0 Å². The van der Waals surface area contributed by atoms with E-state index in [1.54, 1.807) is 21.5 Å². The first-order valence-electron chi connectivity index (χ1n) is 13.3. The maximum absolute atomic E-state index is 12.7. The lowest BCUT2D eigenvalue weighted by atomic mass is 9.90. The number of carboxylic acids is 1. The number of urea groups is 1. The zero-order valence-corrected chi connectivity index (χ0v) is 22.4. The minimum Gasteiger partial charge on any atom is -0.491 e. The summed E-state index contributed by atoms with van der Waals surface area (Å²) < 4.78 is 7.84. The first-order valence-corrected chi connectivity index (χ1v) is 13.3. The molecule has 11 nitrogen and oxygen atoms in total. The van der Waals surface area contributed by atoms with Crippen LogP contribution in [0, 0.1) is 6.92 Å². The molecule has 1 aromatic carbocycles. The molecule has 5 heterocycles. The molecule has 11 heteroatoms. The maximum Gasteiger partial charge on any atom is 0.354 e. The second-order valence-electron chi connectivity index (χ2n) is 10.7. The number of hydrogen-bond acceptors (Lipinski definition) is 7. The SMILES string of the molecule is Cc1cc(OC[C@H](C)c2ccccc2)cn2nc(CCN3CC4(CN(c5cccc(C(=O)O)n5)C4)NC3=O)nc12. The lowest BCUT2D eigenvalue weighted by Crippen LogP contribution is -2.69. The van der Waals surface area contributed by atoms with Crippen LogP contribution in [0.25, 0.3) is 5.65 Å². The number of amides is 2. The van der Waals surface area contributed by atoms with Crippen molar-refractivity contribution in [2.24, 2.45) is 0 Å². The number of carbonyl (C=O) groups excluding carboxylic acids is 1. The Morgan fingerprint density at radius 3 is 2.70 bits per heavy atom. The number of benzene rings is 1. The van der Waals surface area contributed by atoms with E-state index in [1.807, 2.05) is 42.3 Å². The third-order valence-corrected chi connectivity index (χ3v) is 7.53. The Kier molecular flexibility index (Phi) is 6.49. The van der Waals surface area contributed by atoms with E-state index >= 15 is 0 Å². The molecule has 0 unspecified atom stereocenters. The quantitative estimate of drug-likeness (QED) is 0.331. The zero-order valence-electron chi connectivity index (χ0n) is 22.4. The summed E-state index contributed by atoms with van der Waals surface area (Å²) in [5.74, 6) is 1.20. The number of nitrogens with one attached hydrogen (secondary N) is 1. The first-order chi connectivity index (χ1) is 19.3.